The molecule has 0 aromatic heterocycles. The van der Waals surface area contributed by atoms with Gasteiger partial charge in [-0.05, 0) is 55.2 Å². The summed E-state index contributed by atoms with van der Waals surface area (Å²) in [6, 6.07) is 8.64. The second kappa shape index (κ2) is 5.96. The molecule has 1 aliphatic heterocycles. The lowest BCUT2D eigenvalue weighted by Crippen LogP contribution is -2.40. The molecule has 1 aromatic rings. The Morgan fingerprint density at radius 3 is 2.30 bits per heavy atom. The third-order valence-corrected chi connectivity index (χ3v) is 4.68. The van der Waals surface area contributed by atoms with E-state index in [1.54, 1.807) is 0 Å². The van der Waals surface area contributed by atoms with E-state index in [-0.39, 0.29) is 5.91 Å². The van der Waals surface area contributed by atoms with E-state index in [2.05, 4.69) is 24.3 Å². The molecule has 0 radical (unpaired) electrons. The Hall–Kier alpha value is -1.35. The SMILES string of the molecule is NCC1CCN(C(=O)Cc2ccc(C3CC3)cc2)CC1. The normalized spacial score (nSPS) is 20.1. The van der Waals surface area contributed by atoms with Crippen LogP contribution >= 0.6 is 0 Å². The lowest BCUT2D eigenvalue weighted by molar-refractivity contribution is -0.131. The molecule has 20 heavy (non-hydrogen) atoms. The summed E-state index contributed by atoms with van der Waals surface area (Å²) in [5.74, 6) is 1.66. The van der Waals surface area contributed by atoms with Crippen molar-refractivity contribution in [2.24, 2.45) is 11.7 Å². The van der Waals surface area contributed by atoms with E-state index in [4.69, 9.17) is 5.73 Å². The molecule has 1 heterocycles. The van der Waals surface area contributed by atoms with Crippen LogP contribution in [0, 0.1) is 5.92 Å². The lowest BCUT2D eigenvalue weighted by Gasteiger charge is -2.31. The fourth-order valence-corrected chi connectivity index (χ4v) is 3.03. The molecule has 1 aliphatic carbocycles. The maximum atomic E-state index is 12.3. The summed E-state index contributed by atoms with van der Waals surface area (Å²) in [6.45, 7) is 2.51. The highest BCUT2D eigenvalue weighted by Gasteiger charge is 2.24. The van der Waals surface area contributed by atoms with Crippen LogP contribution in [0.1, 0.15) is 42.7 Å². The van der Waals surface area contributed by atoms with E-state index in [0.717, 1.165) is 44.0 Å². The molecule has 0 spiro atoms. The Morgan fingerprint density at radius 2 is 1.75 bits per heavy atom. The van der Waals surface area contributed by atoms with E-state index < -0.39 is 0 Å². The van der Waals surface area contributed by atoms with Gasteiger partial charge in [0, 0.05) is 13.1 Å². The summed E-state index contributed by atoms with van der Waals surface area (Å²) in [5.41, 5.74) is 8.26. The second-order valence-electron chi connectivity index (χ2n) is 6.25. The first kappa shape index (κ1) is 13.6. The van der Waals surface area contributed by atoms with Gasteiger partial charge in [0.1, 0.15) is 0 Å². The number of hydrogen-bond acceptors (Lipinski definition) is 2. The van der Waals surface area contributed by atoms with Crippen LogP contribution in [0.5, 0.6) is 0 Å². The third-order valence-electron chi connectivity index (χ3n) is 4.68. The highest BCUT2D eigenvalue weighted by Crippen LogP contribution is 2.39. The Balaban J connectivity index is 1.53. The Labute approximate surface area is 121 Å². The van der Waals surface area contributed by atoms with Gasteiger partial charge >= 0.3 is 0 Å². The van der Waals surface area contributed by atoms with Crippen LogP contribution in [-0.4, -0.2) is 30.4 Å². The summed E-state index contributed by atoms with van der Waals surface area (Å²) >= 11 is 0. The van der Waals surface area contributed by atoms with Crippen LogP contribution < -0.4 is 5.73 Å². The quantitative estimate of drug-likeness (QED) is 0.914. The summed E-state index contributed by atoms with van der Waals surface area (Å²) in [6.07, 6.45) is 5.31. The van der Waals surface area contributed by atoms with Gasteiger partial charge < -0.3 is 10.6 Å². The molecule has 1 saturated heterocycles. The molecule has 0 bridgehead atoms. The van der Waals surface area contributed by atoms with Crippen LogP contribution in [0.3, 0.4) is 0 Å². The predicted molar refractivity (Wildman–Crippen MR) is 80.5 cm³/mol. The van der Waals surface area contributed by atoms with Gasteiger partial charge in [-0.2, -0.15) is 0 Å². The van der Waals surface area contributed by atoms with Gasteiger partial charge in [-0.1, -0.05) is 24.3 Å². The monoisotopic (exact) mass is 272 g/mol. The molecule has 2 N–H and O–H groups in total. The van der Waals surface area contributed by atoms with E-state index in [9.17, 15) is 4.79 Å². The predicted octanol–water partition coefficient (Wildman–Crippen LogP) is 2.30. The average molecular weight is 272 g/mol. The molecule has 0 atom stereocenters. The van der Waals surface area contributed by atoms with Crippen molar-refractivity contribution in [3.8, 4) is 0 Å². The fourth-order valence-electron chi connectivity index (χ4n) is 3.03. The number of likely N-dealkylation sites (tertiary alicyclic amines) is 1. The smallest absolute Gasteiger partial charge is 0.226 e. The molecule has 3 heteroatoms. The number of nitrogens with zero attached hydrogens (tertiary/aromatic N) is 1. The van der Waals surface area contributed by atoms with Crippen LogP contribution in [0.25, 0.3) is 0 Å². The summed E-state index contributed by atoms with van der Waals surface area (Å²) < 4.78 is 0. The molecule has 3 nitrogen and oxygen atoms in total. The van der Waals surface area contributed by atoms with Gasteiger partial charge in [0.15, 0.2) is 0 Å². The van der Waals surface area contributed by atoms with Crippen molar-refractivity contribution in [2.45, 2.75) is 38.0 Å². The minimum absolute atomic E-state index is 0.264. The van der Waals surface area contributed by atoms with Crippen molar-refractivity contribution in [1.82, 2.24) is 4.90 Å². The van der Waals surface area contributed by atoms with Crippen molar-refractivity contribution in [3.05, 3.63) is 35.4 Å². The van der Waals surface area contributed by atoms with Gasteiger partial charge in [-0.25, -0.2) is 0 Å². The zero-order valence-corrected chi connectivity index (χ0v) is 12.1. The Bertz CT molecular complexity index is 456. The molecule has 0 unspecified atom stereocenters. The van der Waals surface area contributed by atoms with Gasteiger partial charge in [-0.15, -0.1) is 0 Å². The van der Waals surface area contributed by atoms with Gasteiger partial charge in [-0.3, -0.25) is 4.79 Å². The summed E-state index contributed by atoms with van der Waals surface area (Å²) in [4.78, 5) is 14.3. The molecule has 1 aromatic carbocycles. The Kier molecular flexibility index (Phi) is 4.06. The van der Waals surface area contributed by atoms with Crippen LogP contribution in [0.4, 0.5) is 0 Å². The molecule has 2 aliphatic rings. The molecule has 108 valence electrons. The fraction of sp³-hybridized carbons (Fsp3) is 0.588. The van der Waals surface area contributed by atoms with Crippen molar-refractivity contribution >= 4 is 5.91 Å². The Morgan fingerprint density at radius 1 is 1.10 bits per heavy atom. The second-order valence-corrected chi connectivity index (χ2v) is 6.25. The number of carbonyl (C=O) groups is 1. The highest BCUT2D eigenvalue weighted by molar-refractivity contribution is 5.78. The standard InChI is InChI=1S/C17H24N2O/c18-12-14-7-9-19(10-8-14)17(20)11-13-1-3-15(4-2-13)16-5-6-16/h1-4,14,16H,5-12,18H2. The van der Waals surface area contributed by atoms with E-state index >= 15 is 0 Å². The maximum absolute atomic E-state index is 12.3. The molecule has 1 amide bonds. The largest absolute Gasteiger partial charge is 0.342 e. The summed E-state index contributed by atoms with van der Waals surface area (Å²) in [5, 5.41) is 0. The van der Waals surface area contributed by atoms with Crippen molar-refractivity contribution in [1.29, 1.82) is 0 Å². The minimum Gasteiger partial charge on any atom is -0.342 e. The van der Waals surface area contributed by atoms with E-state index in [1.165, 1.54) is 18.4 Å². The zero-order chi connectivity index (χ0) is 13.9. The molecular formula is C17H24N2O. The van der Waals surface area contributed by atoms with Crippen LogP contribution in [0.15, 0.2) is 24.3 Å². The van der Waals surface area contributed by atoms with Gasteiger partial charge in [0.05, 0.1) is 6.42 Å². The topological polar surface area (TPSA) is 46.3 Å². The number of piperidine rings is 1. The number of carbonyl (C=O) groups excluding carboxylic acids is 1. The average Bonchev–Trinajstić information content (AvgIpc) is 3.33. The number of hydrogen-bond donors (Lipinski definition) is 1. The van der Waals surface area contributed by atoms with Crippen molar-refractivity contribution in [2.75, 3.05) is 19.6 Å². The minimum atomic E-state index is 0.264. The maximum Gasteiger partial charge on any atom is 0.226 e. The van der Waals surface area contributed by atoms with Gasteiger partial charge in [0.25, 0.3) is 0 Å². The first-order valence-corrected chi connectivity index (χ1v) is 7.83. The number of benzene rings is 1. The van der Waals surface area contributed by atoms with Crippen LogP contribution in [0.2, 0.25) is 0 Å². The van der Waals surface area contributed by atoms with Gasteiger partial charge in [0.2, 0.25) is 5.91 Å². The van der Waals surface area contributed by atoms with E-state index in [0.29, 0.717) is 12.3 Å². The molecule has 1 saturated carbocycles. The first-order chi connectivity index (χ1) is 9.76. The zero-order valence-electron chi connectivity index (χ0n) is 12.1. The lowest BCUT2D eigenvalue weighted by atomic mass is 9.96. The van der Waals surface area contributed by atoms with Crippen molar-refractivity contribution in [3.63, 3.8) is 0 Å². The third kappa shape index (κ3) is 3.21. The number of amides is 1. The summed E-state index contributed by atoms with van der Waals surface area (Å²) in [7, 11) is 0. The van der Waals surface area contributed by atoms with Crippen molar-refractivity contribution < 1.29 is 4.79 Å². The first-order valence-electron chi connectivity index (χ1n) is 7.83. The number of nitrogens with two attached hydrogens (primary N) is 1. The number of rotatable bonds is 4. The highest BCUT2D eigenvalue weighted by atomic mass is 16.2. The molecule has 3 rings (SSSR count). The van der Waals surface area contributed by atoms with E-state index in [1.807, 2.05) is 4.90 Å². The van der Waals surface area contributed by atoms with Crippen LogP contribution in [-0.2, 0) is 11.2 Å². The molecule has 2 fully saturated rings. The molecular weight excluding hydrogens is 248 g/mol.